The lowest BCUT2D eigenvalue weighted by molar-refractivity contribution is -0.142. The number of aromatic nitrogens is 2. The molecule has 4 amide bonds. The van der Waals surface area contributed by atoms with Crippen LogP contribution in [-0.2, 0) is 30.4 Å². The third-order valence-corrected chi connectivity index (χ3v) is 5.55. The van der Waals surface area contributed by atoms with Crippen LogP contribution in [0.3, 0.4) is 0 Å². The number of aliphatic carboxylic acids is 1. The molecule has 0 bridgehead atoms. The number of nitrogens with two attached hydrogens (primary N) is 3. The van der Waals surface area contributed by atoms with E-state index in [4.69, 9.17) is 17.2 Å². The lowest BCUT2D eigenvalue weighted by Crippen LogP contribution is -2.57. The number of nitrogens with one attached hydrogen (secondary N) is 4. The van der Waals surface area contributed by atoms with Crippen molar-refractivity contribution in [1.82, 2.24) is 25.9 Å². The van der Waals surface area contributed by atoms with E-state index in [0.29, 0.717) is 25.1 Å². The van der Waals surface area contributed by atoms with E-state index < -0.39 is 53.8 Å². The number of nitrogens with zero attached hydrogens (tertiary/aromatic N) is 1. The fourth-order valence-corrected chi connectivity index (χ4v) is 3.56. The predicted molar refractivity (Wildman–Crippen MR) is 134 cm³/mol. The maximum absolute atomic E-state index is 13.1. The molecule has 11 N–H and O–H groups in total. The van der Waals surface area contributed by atoms with Crippen molar-refractivity contribution >= 4 is 29.6 Å². The molecule has 37 heavy (non-hydrogen) atoms. The maximum Gasteiger partial charge on any atom is 0.326 e. The molecule has 0 saturated heterocycles. The standard InChI is InChI=1S/C23H40N8O6/c1-13(2)9-18(31-20(33)15(25)10-14-11-27-12-28-14)22(35)29-16(6-7-19(26)32)21(34)30-17(23(36)37)5-3-4-8-24/h11-13,15-18H,3-10,24-25H2,1-2H3,(H2,26,32)(H,27,28)(H,29,35)(H,30,34)(H,31,33)(H,36,37). The second-order valence-electron chi connectivity index (χ2n) is 9.33. The molecule has 0 radical (unpaired) electrons. The second kappa shape index (κ2) is 16.3. The van der Waals surface area contributed by atoms with Crippen LogP contribution in [0.4, 0.5) is 0 Å². The van der Waals surface area contributed by atoms with Gasteiger partial charge in [-0.15, -0.1) is 0 Å². The quantitative estimate of drug-likeness (QED) is 0.101. The fraction of sp³-hybridized carbons (Fsp3) is 0.652. The summed E-state index contributed by atoms with van der Waals surface area (Å²) >= 11 is 0. The fourth-order valence-electron chi connectivity index (χ4n) is 3.56. The van der Waals surface area contributed by atoms with Gasteiger partial charge < -0.3 is 43.2 Å². The summed E-state index contributed by atoms with van der Waals surface area (Å²) in [6.45, 7) is 4.09. The van der Waals surface area contributed by atoms with Crippen LogP contribution in [0.2, 0.25) is 0 Å². The average molecular weight is 525 g/mol. The highest BCUT2D eigenvalue weighted by Crippen LogP contribution is 2.09. The highest BCUT2D eigenvalue weighted by atomic mass is 16.4. The van der Waals surface area contributed by atoms with Crippen LogP contribution in [0.1, 0.15) is 58.1 Å². The molecule has 14 nitrogen and oxygen atoms in total. The molecule has 0 spiro atoms. The van der Waals surface area contributed by atoms with Gasteiger partial charge in [-0.25, -0.2) is 9.78 Å². The first-order valence-electron chi connectivity index (χ1n) is 12.3. The molecule has 0 aliphatic carbocycles. The van der Waals surface area contributed by atoms with Gasteiger partial charge >= 0.3 is 5.97 Å². The van der Waals surface area contributed by atoms with Crippen LogP contribution in [0.15, 0.2) is 12.5 Å². The van der Waals surface area contributed by atoms with Gasteiger partial charge in [0.25, 0.3) is 0 Å². The molecule has 1 rings (SSSR count). The number of rotatable bonds is 18. The number of carboxylic acids is 1. The molecule has 0 fully saturated rings. The summed E-state index contributed by atoms with van der Waals surface area (Å²) in [4.78, 5) is 68.4. The van der Waals surface area contributed by atoms with Gasteiger partial charge in [-0.1, -0.05) is 13.8 Å². The lowest BCUT2D eigenvalue weighted by Gasteiger charge is -2.26. The van der Waals surface area contributed by atoms with Gasteiger partial charge in [0.1, 0.15) is 18.1 Å². The van der Waals surface area contributed by atoms with Crippen molar-refractivity contribution in [2.24, 2.45) is 23.1 Å². The molecule has 1 heterocycles. The van der Waals surface area contributed by atoms with Gasteiger partial charge in [0.2, 0.25) is 23.6 Å². The van der Waals surface area contributed by atoms with E-state index in [1.807, 2.05) is 13.8 Å². The van der Waals surface area contributed by atoms with Crippen molar-refractivity contribution in [1.29, 1.82) is 0 Å². The van der Waals surface area contributed by atoms with Crippen LogP contribution in [0, 0.1) is 5.92 Å². The number of hydrogen-bond donors (Lipinski definition) is 8. The number of unbranched alkanes of at least 4 members (excludes halogenated alkanes) is 1. The summed E-state index contributed by atoms with van der Waals surface area (Å²) < 4.78 is 0. The van der Waals surface area contributed by atoms with E-state index in [1.165, 1.54) is 12.5 Å². The summed E-state index contributed by atoms with van der Waals surface area (Å²) in [7, 11) is 0. The van der Waals surface area contributed by atoms with E-state index >= 15 is 0 Å². The number of hydrogen-bond acceptors (Lipinski definition) is 8. The molecule has 0 saturated carbocycles. The molecule has 4 atom stereocenters. The van der Waals surface area contributed by atoms with Crippen molar-refractivity contribution in [3.05, 3.63) is 18.2 Å². The number of H-pyrrole nitrogens is 1. The van der Waals surface area contributed by atoms with Crippen LogP contribution in [0.5, 0.6) is 0 Å². The van der Waals surface area contributed by atoms with Gasteiger partial charge in [-0.05, 0) is 44.6 Å². The second-order valence-corrected chi connectivity index (χ2v) is 9.33. The van der Waals surface area contributed by atoms with E-state index in [9.17, 15) is 29.1 Å². The van der Waals surface area contributed by atoms with Crippen molar-refractivity contribution < 1.29 is 29.1 Å². The minimum Gasteiger partial charge on any atom is -0.480 e. The molecule has 4 unspecified atom stereocenters. The van der Waals surface area contributed by atoms with Gasteiger partial charge in [0, 0.05) is 24.7 Å². The topological polar surface area (TPSA) is 248 Å². The predicted octanol–water partition coefficient (Wildman–Crippen LogP) is -1.74. The van der Waals surface area contributed by atoms with Crippen molar-refractivity contribution in [3.8, 4) is 0 Å². The average Bonchev–Trinajstić information content (AvgIpc) is 3.32. The number of carbonyl (C=O) groups excluding carboxylic acids is 4. The van der Waals surface area contributed by atoms with Crippen molar-refractivity contribution in [2.45, 2.75) is 83.0 Å². The minimum atomic E-state index is -1.25. The summed E-state index contributed by atoms with van der Waals surface area (Å²) in [6.07, 6.45) is 4.25. The molecule has 1 aromatic rings. The Morgan fingerprint density at radius 2 is 1.59 bits per heavy atom. The minimum absolute atomic E-state index is 0.00304. The SMILES string of the molecule is CC(C)CC(NC(=O)C(N)Cc1cnc[nH]1)C(=O)NC(CCC(N)=O)C(=O)NC(CCCCN)C(=O)O. The van der Waals surface area contributed by atoms with Gasteiger partial charge in [-0.2, -0.15) is 0 Å². The zero-order chi connectivity index (χ0) is 28.0. The first-order chi connectivity index (χ1) is 17.4. The molecule has 14 heteroatoms. The molecule has 1 aromatic heterocycles. The Labute approximate surface area is 215 Å². The third kappa shape index (κ3) is 12.3. The van der Waals surface area contributed by atoms with Gasteiger partial charge in [-0.3, -0.25) is 19.2 Å². The van der Waals surface area contributed by atoms with E-state index in [-0.39, 0.29) is 38.0 Å². The Balaban J connectivity index is 2.95. The summed E-state index contributed by atoms with van der Waals surface area (Å²) in [5.74, 6) is -3.95. The zero-order valence-electron chi connectivity index (χ0n) is 21.4. The number of amides is 4. The number of imidazole rings is 1. The summed E-state index contributed by atoms with van der Waals surface area (Å²) in [5.41, 5.74) is 17.3. The number of aromatic amines is 1. The van der Waals surface area contributed by atoms with E-state index in [1.54, 1.807) is 0 Å². The van der Waals surface area contributed by atoms with Crippen LogP contribution < -0.4 is 33.2 Å². The molecule has 0 aliphatic heterocycles. The molecular weight excluding hydrogens is 484 g/mol. The smallest absolute Gasteiger partial charge is 0.326 e. The number of primary amides is 1. The largest absolute Gasteiger partial charge is 0.480 e. The zero-order valence-corrected chi connectivity index (χ0v) is 21.4. The summed E-state index contributed by atoms with van der Waals surface area (Å²) in [6, 6.07) is -4.43. The molecule has 208 valence electrons. The van der Waals surface area contributed by atoms with Crippen molar-refractivity contribution in [3.63, 3.8) is 0 Å². The van der Waals surface area contributed by atoms with Crippen LogP contribution in [-0.4, -0.2) is 75.4 Å². The molecule has 0 aromatic carbocycles. The Hall–Kier alpha value is -3.52. The van der Waals surface area contributed by atoms with Crippen LogP contribution >= 0.6 is 0 Å². The highest BCUT2D eigenvalue weighted by molar-refractivity contribution is 5.94. The van der Waals surface area contributed by atoms with E-state index in [0.717, 1.165) is 0 Å². The monoisotopic (exact) mass is 524 g/mol. The van der Waals surface area contributed by atoms with Crippen LogP contribution in [0.25, 0.3) is 0 Å². The van der Waals surface area contributed by atoms with Crippen molar-refractivity contribution in [2.75, 3.05) is 6.54 Å². The Bertz CT molecular complexity index is 892. The normalized spacial score (nSPS) is 14.3. The Kier molecular flexibility index (Phi) is 13.9. The maximum atomic E-state index is 13.1. The number of carboxylic acid groups (broad SMARTS) is 1. The molecule has 0 aliphatic rings. The first kappa shape index (κ1) is 31.5. The highest BCUT2D eigenvalue weighted by Gasteiger charge is 2.31. The van der Waals surface area contributed by atoms with Gasteiger partial charge in [0.05, 0.1) is 12.4 Å². The summed E-state index contributed by atoms with van der Waals surface area (Å²) in [5, 5.41) is 17.0. The Morgan fingerprint density at radius 1 is 0.973 bits per heavy atom. The lowest BCUT2D eigenvalue weighted by atomic mass is 10.0. The van der Waals surface area contributed by atoms with E-state index in [2.05, 4.69) is 25.9 Å². The first-order valence-corrected chi connectivity index (χ1v) is 12.3. The van der Waals surface area contributed by atoms with Gasteiger partial charge in [0.15, 0.2) is 0 Å². The third-order valence-electron chi connectivity index (χ3n) is 5.55. The number of carbonyl (C=O) groups is 5. The molecular formula is C23H40N8O6. The Morgan fingerprint density at radius 3 is 2.14 bits per heavy atom.